The maximum Gasteiger partial charge on any atom is 0.224 e. The number of nitrogens with zero attached hydrogens (tertiary/aromatic N) is 3. The molecular formula is C11H16N4O. The number of rotatable bonds is 4. The van der Waals surface area contributed by atoms with E-state index >= 15 is 0 Å². The molecule has 0 spiro atoms. The molecule has 0 amide bonds. The number of aromatic nitrogens is 2. The summed E-state index contributed by atoms with van der Waals surface area (Å²) in [7, 11) is 1.65. The van der Waals surface area contributed by atoms with Crippen LogP contribution in [0.15, 0.2) is 6.07 Å². The number of methoxy groups -OCH3 is 1. The molecule has 1 aromatic heterocycles. The molecule has 0 saturated heterocycles. The van der Waals surface area contributed by atoms with Gasteiger partial charge in [0.1, 0.15) is 11.8 Å². The summed E-state index contributed by atoms with van der Waals surface area (Å²) >= 11 is 0. The lowest BCUT2D eigenvalue weighted by molar-refractivity contribution is 0.0342. The lowest BCUT2D eigenvalue weighted by Crippen LogP contribution is -2.32. The van der Waals surface area contributed by atoms with Gasteiger partial charge in [0.2, 0.25) is 5.95 Å². The molecule has 1 aromatic rings. The molecule has 0 aliphatic carbocycles. The molecule has 0 unspecified atom stereocenters. The van der Waals surface area contributed by atoms with Crippen LogP contribution in [0.5, 0.6) is 0 Å². The second-order valence-corrected chi connectivity index (χ2v) is 4.15. The van der Waals surface area contributed by atoms with Crippen LogP contribution < -0.4 is 5.32 Å². The van der Waals surface area contributed by atoms with Crippen molar-refractivity contribution in [2.75, 3.05) is 19.0 Å². The summed E-state index contributed by atoms with van der Waals surface area (Å²) in [5.41, 5.74) is 0.842. The summed E-state index contributed by atoms with van der Waals surface area (Å²) in [6.07, 6.45) is 0. The fourth-order valence-corrected chi connectivity index (χ4v) is 1.07. The minimum atomic E-state index is -0.292. The summed E-state index contributed by atoms with van der Waals surface area (Å²) in [6.45, 7) is 6.33. The van der Waals surface area contributed by atoms with Gasteiger partial charge in [-0.25, -0.2) is 9.97 Å². The third kappa shape index (κ3) is 3.48. The van der Waals surface area contributed by atoms with Crippen LogP contribution in [0.3, 0.4) is 0 Å². The number of anilines is 1. The number of aryl methyl sites for hydroxylation is 1. The Bertz CT molecular complexity index is 409. The number of nitriles is 1. The van der Waals surface area contributed by atoms with Crippen molar-refractivity contribution in [3.63, 3.8) is 0 Å². The summed E-state index contributed by atoms with van der Waals surface area (Å²) in [5.74, 6) is 0.460. The maximum absolute atomic E-state index is 8.77. The molecule has 0 saturated carbocycles. The highest BCUT2D eigenvalue weighted by Crippen LogP contribution is 2.09. The van der Waals surface area contributed by atoms with Crippen molar-refractivity contribution in [2.24, 2.45) is 0 Å². The Morgan fingerprint density at radius 1 is 1.50 bits per heavy atom. The largest absolute Gasteiger partial charge is 0.377 e. The van der Waals surface area contributed by atoms with Crippen molar-refractivity contribution in [3.05, 3.63) is 17.5 Å². The van der Waals surface area contributed by atoms with Gasteiger partial charge in [-0.2, -0.15) is 5.26 Å². The van der Waals surface area contributed by atoms with E-state index in [1.807, 2.05) is 26.8 Å². The van der Waals surface area contributed by atoms with Gasteiger partial charge < -0.3 is 10.1 Å². The lowest BCUT2D eigenvalue weighted by Gasteiger charge is -2.23. The van der Waals surface area contributed by atoms with E-state index in [9.17, 15) is 0 Å². The second-order valence-electron chi connectivity index (χ2n) is 4.15. The standard InChI is InChI=1S/C11H16N4O/c1-8-5-9(6-12)15-10(14-8)13-7-11(2,3)16-4/h5H,7H2,1-4H3,(H,13,14,15). The molecule has 5 heteroatoms. The minimum absolute atomic E-state index is 0.292. The monoisotopic (exact) mass is 220 g/mol. The van der Waals surface area contributed by atoms with Crippen LogP contribution in [0.4, 0.5) is 5.95 Å². The van der Waals surface area contributed by atoms with E-state index in [0.717, 1.165) is 5.69 Å². The molecule has 0 aromatic carbocycles. The molecule has 5 nitrogen and oxygen atoms in total. The highest BCUT2D eigenvalue weighted by molar-refractivity contribution is 5.33. The SMILES string of the molecule is COC(C)(C)CNc1nc(C)cc(C#N)n1. The van der Waals surface area contributed by atoms with Crippen molar-refractivity contribution in [1.82, 2.24) is 9.97 Å². The van der Waals surface area contributed by atoms with Crippen LogP contribution in [-0.2, 0) is 4.74 Å². The molecule has 0 bridgehead atoms. The summed E-state index contributed by atoms with van der Waals surface area (Å²) in [5, 5.41) is 11.8. The van der Waals surface area contributed by atoms with Crippen LogP contribution >= 0.6 is 0 Å². The molecular weight excluding hydrogens is 204 g/mol. The fourth-order valence-electron chi connectivity index (χ4n) is 1.07. The molecule has 0 aliphatic heterocycles. The van der Waals surface area contributed by atoms with Gasteiger partial charge in [0, 0.05) is 19.3 Å². The normalized spacial score (nSPS) is 10.9. The first-order valence-corrected chi connectivity index (χ1v) is 5.01. The van der Waals surface area contributed by atoms with Crippen LogP contribution in [0, 0.1) is 18.3 Å². The topological polar surface area (TPSA) is 70.8 Å². The molecule has 0 aliphatic rings. The highest BCUT2D eigenvalue weighted by Gasteiger charge is 2.16. The van der Waals surface area contributed by atoms with E-state index in [1.54, 1.807) is 13.2 Å². The first-order chi connectivity index (χ1) is 7.46. The molecule has 1 N–H and O–H groups in total. The van der Waals surface area contributed by atoms with Gasteiger partial charge in [-0.05, 0) is 26.8 Å². The number of ether oxygens (including phenoxy) is 1. The van der Waals surface area contributed by atoms with E-state index in [0.29, 0.717) is 18.2 Å². The number of nitrogens with one attached hydrogen (secondary N) is 1. The third-order valence-electron chi connectivity index (χ3n) is 2.19. The predicted molar refractivity (Wildman–Crippen MR) is 61.1 cm³/mol. The molecule has 1 rings (SSSR count). The van der Waals surface area contributed by atoms with Crippen LogP contribution in [0.1, 0.15) is 25.2 Å². The van der Waals surface area contributed by atoms with Crippen LogP contribution in [-0.4, -0.2) is 29.2 Å². The Balaban J connectivity index is 2.75. The Morgan fingerprint density at radius 3 is 2.75 bits per heavy atom. The maximum atomic E-state index is 8.77. The Hall–Kier alpha value is -1.67. The highest BCUT2D eigenvalue weighted by atomic mass is 16.5. The Labute approximate surface area is 95.5 Å². The van der Waals surface area contributed by atoms with Crippen molar-refractivity contribution >= 4 is 5.95 Å². The van der Waals surface area contributed by atoms with Gasteiger partial charge in [-0.1, -0.05) is 0 Å². The first kappa shape index (κ1) is 12.4. The number of hydrogen-bond donors (Lipinski definition) is 1. The van der Waals surface area contributed by atoms with Gasteiger partial charge in [0.15, 0.2) is 0 Å². The van der Waals surface area contributed by atoms with Gasteiger partial charge in [0.25, 0.3) is 0 Å². The van der Waals surface area contributed by atoms with Crippen LogP contribution in [0.25, 0.3) is 0 Å². The van der Waals surface area contributed by atoms with E-state index in [-0.39, 0.29) is 5.60 Å². The zero-order valence-corrected chi connectivity index (χ0v) is 10.0. The zero-order valence-electron chi connectivity index (χ0n) is 10.0. The molecule has 0 fully saturated rings. The number of hydrogen-bond acceptors (Lipinski definition) is 5. The third-order valence-corrected chi connectivity index (χ3v) is 2.19. The van der Waals surface area contributed by atoms with Gasteiger partial charge in [-0.15, -0.1) is 0 Å². The summed E-state index contributed by atoms with van der Waals surface area (Å²) in [4.78, 5) is 8.24. The van der Waals surface area contributed by atoms with E-state index in [2.05, 4.69) is 15.3 Å². The second kappa shape index (κ2) is 4.90. The molecule has 0 atom stereocenters. The molecule has 0 radical (unpaired) electrons. The summed E-state index contributed by atoms with van der Waals surface area (Å²) in [6, 6.07) is 3.64. The average Bonchev–Trinajstić information content (AvgIpc) is 2.26. The molecule has 1 heterocycles. The average molecular weight is 220 g/mol. The Kier molecular flexibility index (Phi) is 3.80. The zero-order chi connectivity index (χ0) is 12.2. The van der Waals surface area contributed by atoms with Gasteiger partial charge in [-0.3, -0.25) is 0 Å². The Morgan fingerprint density at radius 2 is 2.19 bits per heavy atom. The van der Waals surface area contributed by atoms with Gasteiger partial charge in [0.05, 0.1) is 5.60 Å². The van der Waals surface area contributed by atoms with E-state index in [4.69, 9.17) is 10.00 Å². The van der Waals surface area contributed by atoms with E-state index < -0.39 is 0 Å². The van der Waals surface area contributed by atoms with Crippen molar-refractivity contribution in [3.8, 4) is 6.07 Å². The van der Waals surface area contributed by atoms with E-state index in [1.165, 1.54) is 0 Å². The summed E-state index contributed by atoms with van der Waals surface area (Å²) < 4.78 is 5.26. The quantitative estimate of drug-likeness (QED) is 0.832. The molecule has 16 heavy (non-hydrogen) atoms. The van der Waals surface area contributed by atoms with Gasteiger partial charge >= 0.3 is 0 Å². The van der Waals surface area contributed by atoms with Crippen LogP contribution in [0.2, 0.25) is 0 Å². The minimum Gasteiger partial charge on any atom is -0.377 e. The smallest absolute Gasteiger partial charge is 0.224 e. The fraction of sp³-hybridized carbons (Fsp3) is 0.545. The lowest BCUT2D eigenvalue weighted by atomic mass is 10.1. The first-order valence-electron chi connectivity index (χ1n) is 5.01. The molecule has 86 valence electrons. The van der Waals surface area contributed by atoms with Crippen molar-refractivity contribution < 1.29 is 4.74 Å². The van der Waals surface area contributed by atoms with Crippen molar-refractivity contribution in [1.29, 1.82) is 5.26 Å². The van der Waals surface area contributed by atoms with Crippen molar-refractivity contribution in [2.45, 2.75) is 26.4 Å². The predicted octanol–water partition coefficient (Wildman–Crippen LogP) is 1.49.